The Bertz CT molecular complexity index is 1450. The number of amides is 1. The number of nitro groups is 1. The van der Waals surface area contributed by atoms with Gasteiger partial charge in [-0.25, -0.2) is 5.43 Å². The highest BCUT2D eigenvalue weighted by Crippen LogP contribution is 2.45. The molecule has 4 aromatic rings. The third-order valence-corrected chi connectivity index (χ3v) is 6.40. The Morgan fingerprint density at radius 2 is 1.89 bits per heavy atom. The number of hydrogen-bond donors (Lipinski definition) is 1. The molecule has 2 aromatic carbocycles. The molecule has 3 heterocycles. The largest absolute Gasteiger partial charge is 0.455 e. The molecule has 2 aromatic heterocycles. The molecule has 9 heteroatoms. The molecule has 1 N–H and O–H groups in total. The average Bonchev–Trinajstić information content (AvgIpc) is 3.57. The van der Waals surface area contributed by atoms with Gasteiger partial charge in [0.05, 0.1) is 17.2 Å². The van der Waals surface area contributed by atoms with Gasteiger partial charge in [0.1, 0.15) is 16.4 Å². The SMILES string of the molecule is Cc1ccc(C2C(/C=N/NC(=O)c3ccc([N+](=O)[O-])o3)=C(c3cccs3)Oc3ccccc32)cc1. The lowest BCUT2D eigenvalue weighted by molar-refractivity contribution is -0.402. The molecule has 174 valence electrons. The van der Waals surface area contributed by atoms with Gasteiger partial charge in [-0.2, -0.15) is 5.10 Å². The predicted octanol–water partition coefficient (Wildman–Crippen LogP) is 5.91. The van der Waals surface area contributed by atoms with E-state index >= 15 is 0 Å². The number of thiophene rings is 1. The first-order chi connectivity index (χ1) is 17.0. The highest BCUT2D eigenvalue weighted by Gasteiger charge is 2.31. The first kappa shape index (κ1) is 22.3. The van der Waals surface area contributed by atoms with Crippen molar-refractivity contribution in [1.82, 2.24) is 5.43 Å². The molecule has 5 rings (SSSR count). The van der Waals surface area contributed by atoms with Crippen LogP contribution in [-0.2, 0) is 0 Å². The summed E-state index contributed by atoms with van der Waals surface area (Å²) in [4.78, 5) is 23.5. The fraction of sp³-hybridized carbons (Fsp3) is 0.0769. The van der Waals surface area contributed by atoms with Crippen LogP contribution in [0.5, 0.6) is 5.75 Å². The van der Waals surface area contributed by atoms with Crippen molar-refractivity contribution in [2.45, 2.75) is 12.8 Å². The normalized spacial score (nSPS) is 15.1. The Kier molecular flexibility index (Phi) is 5.99. The summed E-state index contributed by atoms with van der Waals surface area (Å²) in [6.07, 6.45) is 1.56. The van der Waals surface area contributed by atoms with Gasteiger partial charge < -0.3 is 9.15 Å². The summed E-state index contributed by atoms with van der Waals surface area (Å²) in [5.41, 5.74) is 6.34. The molecule has 0 bridgehead atoms. The zero-order valence-corrected chi connectivity index (χ0v) is 19.3. The number of para-hydroxylation sites is 1. The number of nitrogens with zero attached hydrogens (tertiary/aromatic N) is 2. The Morgan fingerprint density at radius 1 is 1.09 bits per heavy atom. The minimum atomic E-state index is -0.707. The first-order valence-corrected chi connectivity index (χ1v) is 11.6. The van der Waals surface area contributed by atoms with Gasteiger partial charge in [0.15, 0.2) is 0 Å². The molecule has 1 aliphatic rings. The van der Waals surface area contributed by atoms with Gasteiger partial charge >= 0.3 is 11.8 Å². The molecule has 0 saturated carbocycles. The minimum Gasteiger partial charge on any atom is -0.455 e. The lowest BCUT2D eigenvalue weighted by Crippen LogP contribution is -2.20. The van der Waals surface area contributed by atoms with Crippen LogP contribution in [0.15, 0.2) is 93.3 Å². The van der Waals surface area contributed by atoms with E-state index in [9.17, 15) is 14.9 Å². The molecule has 0 fully saturated rings. The van der Waals surface area contributed by atoms with Crippen molar-refractivity contribution in [3.63, 3.8) is 0 Å². The fourth-order valence-corrected chi connectivity index (χ4v) is 4.62. The molecule has 35 heavy (non-hydrogen) atoms. The van der Waals surface area contributed by atoms with Crippen LogP contribution in [0.2, 0.25) is 0 Å². The molecule has 1 unspecified atom stereocenters. The number of carbonyl (C=O) groups is 1. The third kappa shape index (κ3) is 4.49. The summed E-state index contributed by atoms with van der Waals surface area (Å²) < 4.78 is 11.3. The number of aryl methyl sites for hydroxylation is 1. The highest BCUT2D eigenvalue weighted by molar-refractivity contribution is 7.11. The number of ether oxygens (including phenoxy) is 1. The number of rotatable bonds is 6. The summed E-state index contributed by atoms with van der Waals surface area (Å²) in [6, 6.07) is 22.3. The number of benzene rings is 2. The van der Waals surface area contributed by atoms with E-state index in [-0.39, 0.29) is 11.7 Å². The molecule has 0 radical (unpaired) electrons. The number of hydrazone groups is 1. The summed E-state index contributed by atoms with van der Waals surface area (Å²) in [5.74, 6) is -0.207. The van der Waals surface area contributed by atoms with E-state index in [2.05, 4.69) is 34.8 Å². The van der Waals surface area contributed by atoms with Crippen LogP contribution in [0.3, 0.4) is 0 Å². The van der Waals surface area contributed by atoms with Gasteiger partial charge in [-0.1, -0.05) is 54.1 Å². The van der Waals surface area contributed by atoms with Crippen molar-refractivity contribution in [2.24, 2.45) is 5.10 Å². The van der Waals surface area contributed by atoms with Gasteiger partial charge in [-0.3, -0.25) is 14.9 Å². The maximum Gasteiger partial charge on any atom is 0.433 e. The second kappa shape index (κ2) is 9.40. The van der Waals surface area contributed by atoms with E-state index in [4.69, 9.17) is 9.15 Å². The second-order valence-corrected chi connectivity index (χ2v) is 8.79. The quantitative estimate of drug-likeness (QED) is 0.208. The number of hydrogen-bond acceptors (Lipinski definition) is 7. The minimum absolute atomic E-state index is 0.192. The molecule has 0 saturated heterocycles. The van der Waals surface area contributed by atoms with Crippen LogP contribution in [0.1, 0.15) is 38.0 Å². The van der Waals surface area contributed by atoms with Gasteiger partial charge in [0.2, 0.25) is 5.76 Å². The van der Waals surface area contributed by atoms with Crippen molar-refractivity contribution in [2.75, 3.05) is 0 Å². The summed E-state index contributed by atoms with van der Waals surface area (Å²) in [5, 5.41) is 17.0. The molecular formula is C26H19N3O5S. The van der Waals surface area contributed by atoms with Crippen LogP contribution in [0.25, 0.3) is 5.76 Å². The lowest BCUT2D eigenvalue weighted by atomic mass is 9.82. The van der Waals surface area contributed by atoms with E-state index in [1.54, 1.807) is 6.21 Å². The van der Waals surface area contributed by atoms with E-state index in [0.29, 0.717) is 5.76 Å². The Morgan fingerprint density at radius 3 is 2.60 bits per heavy atom. The molecular weight excluding hydrogens is 466 g/mol. The molecule has 1 atom stereocenters. The van der Waals surface area contributed by atoms with E-state index < -0.39 is 16.7 Å². The fourth-order valence-electron chi connectivity index (χ4n) is 3.89. The molecule has 1 aliphatic heterocycles. The Labute approximate surface area is 204 Å². The molecule has 0 spiro atoms. The molecule has 1 amide bonds. The van der Waals surface area contributed by atoms with Crippen molar-refractivity contribution in [1.29, 1.82) is 0 Å². The van der Waals surface area contributed by atoms with E-state index in [0.717, 1.165) is 39.0 Å². The standard InChI is InChI=1S/C26H19N3O5S/c1-16-8-10-17(11-9-16)24-18-5-2-3-6-20(18)34-25(22-7-4-14-35-22)19(24)15-27-28-26(30)21-12-13-23(33-21)29(31)32/h2-15,24H,1H3,(H,28,30)/b27-15+. The van der Waals surface area contributed by atoms with Crippen LogP contribution >= 0.6 is 11.3 Å². The highest BCUT2D eigenvalue weighted by atomic mass is 32.1. The topological polar surface area (TPSA) is 107 Å². The Hall–Kier alpha value is -4.50. The third-order valence-electron chi connectivity index (χ3n) is 5.54. The number of nitrogens with one attached hydrogen (secondary N) is 1. The Balaban J connectivity index is 1.55. The van der Waals surface area contributed by atoms with Gasteiger partial charge in [-0.05, 0) is 36.1 Å². The molecule has 8 nitrogen and oxygen atoms in total. The zero-order valence-electron chi connectivity index (χ0n) is 18.5. The van der Waals surface area contributed by atoms with Crippen molar-refractivity contribution in [3.8, 4) is 5.75 Å². The second-order valence-electron chi connectivity index (χ2n) is 7.84. The number of allylic oxidation sites excluding steroid dienone is 1. The monoisotopic (exact) mass is 485 g/mol. The summed E-state index contributed by atoms with van der Waals surface area (Å²) >= 11 is 1.54. The van der Waals surface area contributed by atoms with E-state index in [1.807, 2.05) is 48.7 Å². The lowest BCUT2D eigenvalue weighted by Gasteiger charge is -2.29. The van der Waals surface area contributed by atoms with Gasteiger partial charge in [0.25, 0.3) is 0 Å². The number of carbonyl (C=O) groups excluding carboxylic acids is 1. The van der Waals surface area contributed by atoms with Crippen molar-refractivity contribution >= 4 is 35.1 Å². The first-order valence-electron chi connectivity index (χ1n) is 10.7. The van der Waals surface area contributed by atoms with Crippen LogP contribution in [0, 0.1) is 17.0 Å². The van der Waals surface area contributed by atoms with Crippen LogP contribution in [-0.4, -0.2) is 17.0 Å². The predicted molar refractivity (Wildman–Crippen MR) is 133 cm³/mol. The number of fused-ring (bicyclic) bond motifs is 1. The van der Waals surface area contributed by atoms with Gasteiger partial charge in [-0.15, -0.1) is 11.3 Å². The maximum absolute atomic E-state index is 12.4. The van der Waals surface area contributed by atoms with Crippen LogP contribution < -0.4 is 10.2 Å². The van der Waals surface area contributed by atoms with Gasteiger partial charge in [0, 0.05) is 17.1 Å². The van der Waals surface area contributed by atoms with Crippen LogP contribution in [0.4, 0.5) is 5.88 Å². The van der Waals surface area contributed by atoms with Crippen molar-refractivity contribution in [3.05, 3.63) is 121 Å². The number of furan rings is 1. The van der Waals surface area contributed by atoms with Crippen molar-refractivity contribution < 1.29 is 18.9 Å². The zero-order chi connectivity index (χ0) is 24.4. The summed E-state index contributed by atoms with van der Waals surface area (Å²) in [7, 11) is 0. The van der Waals surface area contributed by atoms with E-state index in [1.165, 1.54) is 17.4 Å². The average molecular weight is 486 g/mol. The molecule has 0 aliphatic carbocycles. The summed E-state index contributed by atoms with van der Waals surface area (Å²) in [6.45, 7) is 2.03. The maximum atomic E-state index is 12.4. The smallest absolute Gasteiger partial charge is 0.433 e.